The lowest BCUT2D eigenvalue weighted by atomic mass is 9.77. The van der Waals surface area contributed by atoms with Crippen molar-refractivity contribution in [3.05, 3.63) is 59.4 Å². The van der Waals surface area contributed by atoms with Crippen LogP contribution in [0.3, 0.4) is 0 Å². The minimum Gasteiger partial charge on any atom is -0.490 e. The zero-order chi connectivity index (χ0) is 43.6. The van der Waals surface area contributed by atoms with Crippen molar-refractivity contribution in [3.8, 4) is 0 Å². The van der Waals surface area contributed by atoms with Gasteiger partial charge in [-0.2, -0.15) is 0 Å². The van der Waals surface area contributed by atoms with Crippen molar-refractivity contribution < 1.29 is 63.9 Å². The molecular weight excluding hydrogens is 748 g/mol. The van der Waals surface area contributed by atoms with E-state index in [1.165, 1.54) is 20.3 Å². The highest BCUT2D eigenvalue weighted by Crippen LogP contribution is 2.42. The number of hydrogen-bond donors (Lipinski definition) is 6. The first kappa shape index (κ1) is 49.9. The molecule has 0 aromatic rings. The normalized spacial score (nSPS) is 43.9. The molecule has 6 N–H and O–H groups in total. The number of aliphatic hydroxyl groups is 6. The smallest absolute Gasteiger partial charge is 0.373 e. The molecule has 2 fully saturated rings. The van der Waals surface area contributed by atoms with Gasteiger partial charge in [0.25, 0.3) is 0 Å². The number of methoxy groups -OCH3 is 2. The number of carbonyl (C=O) groups excluding carboxylic acids is 1. The fourth-order valence-corrected chi connectivity index (χ4v) is 8.64. The van der Waals surface area contributed by atoms with E-state index >= 15 is 0 Å². The summed E-state index contributed by atoms with van der Waals surface area (Å²) in [4.78, 5) is 13.9. The zero-order valence-electron chi connectivity index (χ0n) is 36.7. The maximum absolute atomic E-state index is 13.9. The van der Waals surface area contributed by atoms with Crippen LogP contribution in [0.4, 0.5) is 0 Å². The highest BCUT2D eigenvalue weighted by Gasteiger charge is 2.52. The Morgan fingerprint density at radius 3 is 2.29 bits per heavy atom. The van der Waals surface area contributed by atoms with E-state index in [9.17, 15) is 35.4 Å². The van der Waals surface area contributed by atoms with E-state index in [-0.39, 0.29) is 42.3 Å². The SMILES string of the molecule is C/C=C/[C@H]1O[C@@](O)([C@@H](C)[C@H](O)[C@H](C)[C@H]2OC(=O)/C(OC)=C/C(C)=C/[C@@H](C)[C@@H](O)[C@@H](CC)[C@@H](O)[C@H](C)C/C(C)=C/C=C/[C@@H]2OC)C[C@@H](O[C@H]2C[C@@H](O)[C@H](O)[C@@H](C)O2)[C@@H]1C. The third-order valence-electron chi connectivity index (χ3n) is 12.5. The lowest BCUT2D eigenvalue weighted by Crippen LogP contribution is -2.59. The summed E-state index contributed by atoms with van der Waals surface area (Å²) in [5.74, 6) is -5.78. The molecule has 13 heteroatoms. The van der Waals surface area contributed by atoms with Crippen LogP contribution in [0.1, 0.15) is 94.9 Å². The summed E-state index contributed by atoms with van der Waals surface area (Å²) < 4.78 is 36.1. The van der Waals surface area contributed by atoms with Gasteiger partial charge >= 0.3 is 5.97 Å². The molecule has 0 radical (unpaired) electrons. The maximum Gasteiger partial charge on any atom is 0.373 e. The number of hydrogen-bond acceptors (Lipinski definition) is 13. The minimum atomic E-state index is -1.93. The average molecular weight is 823 g/mol. The Labute approximate surface area is 346 Å². The summed E-state index contributed by atoms with van der Waals surface area (Å²) in [6, 6.07) is 0. The van der Waals surface area contributed by atoms with E-state index in [1.807, 2.05) is 65.8 Å². The molecular formula is C45H74O13. The summed E-state index contributed by atoms with van der Waals surface area (Å²) in [5, 5.41) is 67.8. The Balaban J connectivity index is 2.02. The lowest BCUT2D eigenvalue weighted by molar-refractivity contribution is -0.339. The van der Waals surface area contributed by atoms with Crippen molar-refractivity contribution in [3.63, 3.8) is 0 Å². The first-order chi connectivity index (χ1) is 27.2. The monoisotopic (exact) mass is 823 g/mol. The fourth-order valence-electron chi connectivity index (χ4n) is 8.64. The summed E-state index contributed by atoms with van der Waals surface area (Å²) in [6.45, 7) is 18.3. The van der Waals surface area contributed by atoms with Gasteiger partial charge in [-0.25, -0.2) is 4.79 Å². The molecule has 3 aliphatic rings. The van der Waals surface area contributed by atoms with Crippen molar-refractivity contribution in [2.45, 2.75) is 168 Å². The second kappa shape index (κ2) is 22.4. The van der Waals surface area contributed by atoms with Gasteiger partial charge in [0.15, 0.2) is 12.1 Å². The molecule has 0 aliphatic carbocycles. The molecule has 0 spiro atoms. The van der Waals surface area contributed by atoms with Crippen LogP contribution in [0, 0.1) is 35.5 Å². The fraction of sp³-hybridized carbons (Fsp3) is 0.756. The lowest BCUT2D eigenvalue weighted by Gasteiger charge is -2.49. The third-order valence-corrected chi connectivity index (χ3v) is 12.5. The largest absolute Gasteiger partial charge is 0.490 e. The minimum absolute atomic E-state index is 0.0414. The van der Waals surface area contributed by atoms with Crippen molar-refractivity contribution in [1.29, 1.82) is 0 Å². The van der Waals surface area contributed by atoms with Gasteiger partial charge in [0.05, 0.1) is 49.8 Å². The molecule has 0 amide bonds. The van der Waals surface area contributed by atoms with Gasteiger partial charge in [-0.15, -0.1) is 0 Å². The van der Waals surface area contributed by atoms with E-state index in [0.717, 1.165) is 5.57 Å². The number of cyclic esters (lactones) is 1. The molecule has 332 valence electrons. The molecule has 58 heavy (non-hydrogen) atoms. The predicted octanol–water partition coefficient (Wildman–Crippen LogP) is 4.88. The summed E-state index contributed by atoms with van der Waals surface area (Å²) in [7, 11) is 2.83. The second-order valence-electron chi connectivity index (χ2n) is 17.1. The van der Waals surface area contributed by atoms with Gasteiger partial charge < -0.3 is 59.1 Å². The molecule has 0 bridgehead atoms. The number of esters is 1. The van der Waals surface area contributed by atoms with E-state index < -0.39 is 90.9 Å². The van der Waals surface area contributed by atoms with Gasteiger partial charge in [0.2, 0.25) is 5.76 Å². The summed E-state index contributed by atoms with van der Waals surface area (Å²) in [5.41, 5.74) is 1.61. The highest BCUT2D eigenvalue weighted by molar-refractivity contribution is 5.87. The van der Waals surface area contributed by atoms with Crippen LogP contribution in [0.15, 0.2) is 59.4 Å². The van der Waals surface area contributed by atoms with Gasteiger partial charge in [-0.05, 0) is 52.5 Å². The molecule has 0 unspecified atom stereocenters. The Kier molecular flexibility index (Phi) is 19.3. The second-order valence-corrected chi connectivity index (χ2v) is 17.1. The summed E-state index contributed by atoms with van der Waals surface area (Å²) in [6.07, 6.45) is 3.82. The number of ether oxygens (including phenoxy) is 6. The topological polar surface area (TPSA) is 194 Å². The van der Waals surface area contributed by atoms with E-state index in [0.29, 0.717) is 18.4 Å². The van der Waals surface area contributed by atoms with Crippen molar-refractivity contribution in [1.82, 2.24) is 0 Å². The Morgan fingerprint density at radius 2 is 1.71 bits per heavy atom. The molecule has 2 saturated heterocycles. The van der Waals surface area contributed by atoms with Gasteiger partial charge in [0, 0.05) is 49.5 Å². The van der Waals surface area contributed by atoms with Crippen molar-refractivity contribution >= 4 is 5.97 Å². The molecule has 3 aliphatic heterocycles. The van der Waals surface area contributed by atoms with E-state index in [2.05, 4.69) is 0 Å². The van der Waals surface area contributed by atoms with Crippen molar-refractivity contribution in [2.24, 2.45) is 35.5 Å². The van der Waals surface area contributed by atoms with Crippen LogP contribution in [-0.2, 0) is 33.2 Å². The first-order valence-corrected chi connectivity index (χ1v) is 21.0. The Hall–Kier alpha value is -2.43. The maximum atomic E-state index is 13.9. The Morgan fingerprint density at radius 1 is 1.03 bits per heavy atom. The van der Waals surface area contributed by atoms with Crippen LogP contribution in [0.5, 0.6) is 0 Å². The van der Waals surface area contributed by atoms with Crippen LogP contribution >= 0.6 is 0 Å². The van der Waals surface area contributed by atoms with Gasteiger partial charge in [0.1, 0.15) is 18.3 Å². The molecule has 0 saturated carbocycles. The predicted molar refractivity (Wildman–Crippen MR) is 220 cm³/mol. The summed E-state index contributed by atoms with van der Waals surface area (Å²) >= 11 is 0. The average Bonchev–Trinajstić information content (AvgIpc) is 3.17. The van der Waals surface area contributed by atoms with Crippen LogP contribution in [0.25, 0.3) is 0 Å². The van der Waals surface area contributed by atoms with E-state index in [1.54, 1.807) is 39.8 Å². The van der Waals surface area contributed by atoms with Crippen LogP contribution < -0.4 is 0 Å². The highest BCUT2D eigenvalue weighted by atomic mass is 16.7. The molecule has 3 heterocycles. The van der Waals surface area contributed by atoms with Crippen molar-refractivity contribution in [2.75, 3.05) is 14.2 Å². The Bertz CT molecular complexity index is 1450. The number of allylic oxidation sites excluding steroid dienone is 6. The zero-order valence-corrected chi connectivity index (χ0v) is 36.7. The van der Waals surface area contributed by atoms with Crippen LogP contribution in [0.2, 0.25) is 0 Å². The van der Waals surface area contributed by atoms with Crippen LogP contribution in [-0.4, -0.2) is 124 Å². The number of rotatable bonds is 10. The quantitative estimate of drug-likeness (QED) is 0.129. The standard InChI is InChI=1S/C45H74O13/c1-13-16-34-28(7)37(56-38-22-33(46)42(50)31(10)55-38)23-45(52,58-34)30(9)41(49)29(8)43-35(53-11)18-15-17-24(3)19-26(5)39(47)32(14-2)40(48)27(6)20-25(4)21-36(54-12)44(51)57-43/h13,15-18,20-21,26-35,37-43,46-50,52H,14,19,22-23H2,1-12H3/b16-13+,18-15+,24-17+,25-20+,36-21-/t26-,27-,28-,29+,30+,31-,32+,33-,34-,35+,37-,38+,39+,40-,41-,42-,43-,45-/m1/s1. The van der Waals surface area contributed by atoms with E-state index in [4.69, 9.17) is 28.4 Å². The third kappa shape index (κ3) is 12.6. The number of aliphatic hydroxyl groups excluding tert-OH is 5. The molecule has 0 aromatic carbocycles. The molecule has 0 aromatic heterocycles. The molecule has 3 rings (SSSR count). The molecule has 18 atom stereocenters. The van der Waals surface area contributed by atoms with Gasteiger partial charge in [-0.1, -0.05) is 89.1 Å². The number of carbonyl (C=O) groups is 1. The first-order valence-electron chi connectivity index (χ1n) is 21.0. The molecule has 13 nitrogen and oxygen atoms in total. The van der Waals surface area contributed by atoms with Gasteiger partial charge in [-0.3, -0.25) is 0 Å².